The van der Waals surface area contributed by atoms with E-state index in [4.69, 9.17) is 16.7 Å². The molecule has 0 atom stereocenters. The fourth-order valence-electron chi connectivity index (χ4n) is 2.73. The van der Waals surface area contributed by atoms with E-state index in [-0.39, 0.29) is 6.61 Å². The summed E-state index contributed by atoms with van der Waals surface area (Å²) in [6.45, 7) is 3.73. The highest BCUT2D eigenvalue weighted by Gasteiger charge is 2.05. The summed E-state index contributed by atoms with van der Waals surface area (Å²) in [5.74, 6) is 0. The van der Waals surface area contributed by atoms with E-state index in [0.29, 0.717) is 11.6 Å². The first-order valence-electron chi connectivity index (χ1n) is 7.98. The molecule has 0 spiro atoms. The molecular weight excluding hydrogens is 322 g/mol. The lowest BCUT2D eigenvalue weighted by molar-refractivity contribution is 0.302. The summed E-state index contributed by atoms with van der Waals surface area (Å²) in [6.07, 6.45) is 1.77. The number of pyridine rings is 1. The topological polar surface area (TPSA) is 48.4 Å². The van der Waals surface area contributed by atoms with Gasteiger partial charge >= 0.3 is 0 Å². The summed E-state index contributed by atoms with van der Waals surface area (Å²) >= 11 is 6.03. The number of benzene rings is 2. The van der Waals surface area contributed by atoms with Crippen LogP contribution in [0.5, 0.6) is 0 Å². The van der Waals surface area contributed by atoms with Gasteiger partial charge in [0.1, 0.15) is 0 Å². The molecule has 24 heavy (non-hydrogen) atoms. The summed E-state index contributed by atoms with van der Waals surface area (Å²) in [7, 11) is 0. The minimum Gasteiger partial charge on any atom is -0.395 e. The minimum atomic E-state index is 0.152. The lowest BCUT2D eigenvalue weighted by atomic mass is 10.1. The van der Waals surface area contributed by atoms with E-state index in [1.54, 1.807) is 6.20 Å². The molecule has 0 amide bonds. The monoisotopic (exact) mass is 341 g/mol. The molecule has 0 unspecified atom stereocenters. The fraction of sp³-hybridized carbons (Fsp3) is 0.211. The van der Waals surface area contributed by atoms with Gasteiger partial charge < -0.3 is 15.3 Å². The van der Waals surface area contributed by atoms with Crippen molar-refractivity contribution in [1.29, 1.82) is 0 Å². The van der Waals surface area contributed by atoms with Crippen molar-refractivity contribution in [3.05, 3.63) is 59.8 Å². The molecule has 0 aliphatic heterocycles. The Hall–Kier alpha value is -2.30. The zero-order valence-electron chi connectivity index (χ0n) is 13.5. The van der Waals surface area contributed by atoms with Crippen LogP contribution in [0.25, 0.3) is 10.9 Å². The number of nitrogens with one attached hydrogen (secondary N) is 1. The normalized spacial score (nSPS) is 10.8. The van der Waals surface area contributed by atoms with Gasteiger partial charge in [0, 0.05) is 46.8 Å². The van der Waals surface area contributed by atoms with Crippen molar-refractivity contribution in [3.63, 3.8) is 0 Å². The van der Waals surface area contributed by atoms with Crippen molar-refractivity contribution in [1.82, 2.24) is 4.98 Å². The number of hydrogen-bond donors (Lipinski definition) is 2. The maximum Gasteiger partial charge on any atom is 0.0737 e. The quantitative estimate of drug-likeness (QED) is 0.695. The van der Waals surface area contributed by atoms with Crippen molar-refractivity contribution >= 4 is 39.6 Å². The van der Waals surface area contributed by atoms with Gasteiger partial charge in [-0.15, -0.1) is 0 Å². The number of halogens is 1. The molecule has 0 radical (unpaired) electrons. The zero-order valence-corrected chi connectivity index (χ0v) is 14.3. The molecular formula is C19H20ClN3O. The largest absolute Gasteiger partial charge is 0.395 e. The highest BCUT2D eigenvalue weighted by Crippen LogP contribution is 2.28. The first-order valence-corrected chi connectivity index (χ1v) is 8.36. The summed E-state index contributed by atoms with van der Waals surface area (Å²) in [6, 6.07) is 15.8. The highest BCUT2D eigenvalue weighted by atomic mass is 35.5. The number of aromatic nitrogens is 1. The Balaban J connectivity index is 1.84. The summed E-state index contributed by atoms with van der Waals surface area (Å²) in [5, 5.41) is 14.3. The van der Waals surface area contributed by atoms with Crippen LogP contribution in [0.1, 0.15) is 6.92 Å². The van der Waals surface area contributed by atoms with Crippen molar-refractivity contribution in [2.45, 2.75) is 6.92 Å². The van der Waals surface area contributed by atoms with Gasteiger partial charge in [0.15, 0.2) is 0 Å². The minimum absolute atomic E-state index is 0.152. The highest BCUT2D eigenvalue weighted by molar-refractivity contribution is 6.31. The summed E-state index contributed by atoms with van der Waals surface area (Å²) in [4.78, 5) is 6.49. The number of anilines is 3. The lowest BCUT2D eigenvalue weighted by Gasteiger charge is -2.22. The van der Waals surface area contributed by atoms with Crippen LogP contribution in [-0.4, -0.2) is 29.8 Å². The van der Waals surface area contributed by atoms with Crippen LogP contribution >= 0.6 is 11.6 Å². The molecule has 0 saturated heterocycles. The van der Waals surface area contributed by atoms with Crippen molar-refractivity contribution < 1.29 is 5.11 Å². The van der Waals surface area contributed by atoms with Gasteiger partial charge in [-0.3, -0.25) is 4.98 Å². The number of hydrogen-bond acceptors (Lipinski definition) is 4. The number of rotatable bonds is 6. The molecule has 5 heteroatoms. The van der Waals surface area contributed by atoms with Crippen molar-refractivity contribution in [2.24, 2.45) is 0 Å². The Morgan fingerprint density at radius 2 is 1.92 bits per heavy atom. The fourth-order valence-corrected chi connectivity index (χ4v) is 2.90. The Morgan fingerprint density at radius 1 is 1.12 bits per heavy atom. The molecule has 0 fully saturated rings. The van der Waals surface area contributed by atoms with Gasteiger partial charge in [0.25, 0.3) is 0 Å². The third kappa shape index (κ3) is 3.61. The average molecular weight is 342 g/mol. The average Bonchev–Trinajstić information content (AvgIpc) is 2.60. The van der Waals surface area contributed by atoms with E-state index >= 15 is 0 Å². The molecule has 0 bridgehead atoms. The molecule has 4 nitrogen and oxygen atoms in total. The van der Waals surface area contributed by atoms with Crippen LogP contribution in [0.2, 0.25) is 5.02 Å². The van der Waals surface area contributed by atoms with Gasteiger partial charge in [-0.25, -0.2) is 0 Å². The smallest absolute Gasteiger partial charge is 0.0737 e. The third-order valence-corrected chi connectivity index (χ3v) is 4.20. The summed E-state index contributed by atoms with van der Waals surface area (Å²) < 4.78 is 0. The zero-order chi connectivity index (χ0) is 16.9. The first-order chi connectivity index (χ1) is 11.7. The van der Waals surface area contributed by atoms with Crippen LogP contribution < -0.4 is 10.2 Å². The second-order valence-corrected chi connectivity index (χ2v) is 5.93. The van der Waals surface area contributed by atoms with E-state index < -0.39 is 0 Å². The first kappa shape index (κ1) is 16.6. The van der Waals surface area contributed by atoms with Gasteiger partial charge in [-0.05, 0) is 55.5 Å². The number of nitrogens with zero attached hydrogens (tertiary/aromatic N) is 2. The maximum absolute atomic E-state index is 9.13. The molecule has 2 aromatic carbocycles. The molecule has 0 saturated carbocycles. The molecule has 124 valence electrons. The number of fused-ring (bicyclic) bond motifs is 1. The Bertz CT molecular complexity index is 820. The Labute approximate surface area is 146 Å². The van der Waals surface area contributed by atoms with E-state index in [1.807, 2.05) is 36.4 Å². The van der Waals surface area contributed by atoms with Crippen LogP contribution in [0, 0.1) is 0 Å². The number of aliphatic hydroxyl groups is 1. The maximum atomic E-state index is 9.13. The molecule has 0 aliphatic rings. The molecule has 3 aromatic rings. The van der Waals surface area contributed by atoms with Crippen LogP contribution in [-0.2, 0) is 0 Å². The van der Waals surface area contributed by atoms with Gasteiger partial charge in [-0.1, -0.05) is 11.6 Å². The number of likely N-dealkylation sites (N-methyl/N-ethyl adjacent to an activating group) is 1. The molecule has 1 heterocycles. The van der Waals surface area contributed by atoms with E-state index in [9.17, 15) is 0 Å². The predicted molar refractivity (Wildman–Crippen MR) is 101 cm³/mol. The third-order valence-electron chi connectivity index (χ3n) is 3.97. The Kier molecular flexibility index (Phi) is 5.18. The van der Waals surface area contributed by atoms with E-state index in [2.05, 4.69) is 34.3 Å². The second kappa shape index (κ2) is 7.51. The van der Waals surface area contributed by atoms with Gasteiger partial charge in [-0.2, -0.15) is 0 Å². The Morgan fingerprint density at radius 3 is 2.62 bits per heavy atom. The van der Waals surface area contributed by atoms with Gasteiger partial charge in [0.05, 0.1) is 12.1 Å². The standard InChI is InChI=1S/C19H20ClN3O/c1-2-23(11-12-24)16-6-4-15(5-7-16)22-18-9-10-21-19-13-14(20)3-8-17(18)19/h3-10,13,24H,2,11-12H2,1H3,(H,21,22). The van der Waals surface area contributed by atoms with Crippen LogP contribution in [0.15, 0.2) is 54.7 Å². The summed E-state index contributed by atoms with van der Waals surface area (Å²) in [5.41, 5.74) is 3.96. The van der Waals surface area contributed by atoms with E-state index in [0.717, 1.165) is 34.5 Å². The molecule has 2 N–H and O–H groups in total. The van der Waals surface area contributed by atoms with E-state index in [1.165, 1.54) is 0 Å². The van der Waals surface area contributed by atoms with Crippen LogP contribution in [0.3, 0.4) is 0 Å². The van der Waals surface area contributed by atoms with Crippen molar-refractivity contribution in [2.75, 3.05) is 29.9 Å². The number of aliphatic hydroxyl groups excluding tert-OH is 1. The SMILES string of the molecule is CCN(CCO)c1ccc(Nc2ccnc3cc(Cl)ccc23)cc1. The van der Waals surface area contributed by atoms with Crippen LogP contribution in [0.4, 0.5) is 17.1 Å². The molecule has 3 rings (SSSR count). The van der Waals surface area contributed by atoms with Crippen molar-refractivity contribution in [3.8, 4) is 0 Å². The lowest BCUT2D eigenvalue weighted by Crippen LogP contribution is -2.25. The predicted octanol–water partition coefficient (Wildman–Crippen LogP) is 4.45. The second-order valence-electron chi connectivity index (χ2n) is 5.50. The molecule has 1 aromatic heterocycles. The molecule has 0 aliphatic carbocycles. The van der Waals surface area contributed by atoms with Gasteiger partial charge in [0.2, 0.25) is 0 Å².